The van der Waals surface area contributed by atoms with Crippen LogP contribution in [0.25, 0.3) is 0 Å². The molecule has 0 unspecified atom stereocenters. The van der Waals surface area contributed by atoms with E-state index in [1.807, 2.05) is 0 Å². The number of carbonyl (C=O) groups is 1. The van der Waals surface area contributed by atoms with Crippen molar-refractivity contribution in [3.8, 4) is 0 Å². The van der Waals surface area contributed by atoms with Gasteiger partial charge in [0, 0.05) is 12.8 Å². The van der Waals surface area contributed by atoms with Gasteiger partial charge in [-0.1, -0.05) is 48.2 Å². The molecule has 0 aliphatic carbocycles. The van der Waals surface area contributed by atoms with Crippen LogP contribution in [0.5, 0.6) is 0 Å². The summed E-state index contributed by atoms with van der Waals surface area (Å²) in [6.45, 7) is 2.17. The maximum absolute atomic E-state index is 11.0. The van der Waals surface area contributed by atoms with Crippen molar-refractivity contribution in [2.24, 2.45) is 0 Å². The Balaban J connectivity index is 2.30. The van der Waals surface area contributed by atoms with Gasteiger partial charge in [-0.25, -0.2) is 0 Å². The molecule has 0 saturated carbocycles. The second-order valence-electron chi connectivity index (χ2n) is 3.00. The van der Waals surface area contributed by atoms with E-state index in [1.54, 1.807) is 30.1 Å². The fourth-order valence-corrected chi connectivity index (χ4v) is 3.86. The standard InChI is InChI=1S/C9H15N3OS3/c1-3-4-5-14-8-11-12-9(16-8)15-6-7(13)10-2/h3-6H2,1-2H3,(H,10,13). The first-order chi connectivity index (χ1) is 7.76. The summed E-state index contributed by atoms with van der Waals surface area (Å²) in [5.41, 5.74) is 0. The monoisotopic (exact) mass is 277 g/mol. The van der Waals surface area contributed by atoms with Gasteiger partial charge in [-0.15, -0.1) is 10.2 Å². The van der Waals surface area contributed by atoms with Gasteiger partial charge in [0.1, 0.15) is 0 Å². The van der Waals surface area contributed by atoms with E-state index in [-0.39, 0.29) is 5.91 Å². The van der Waals surface area contributed by atoms with Gasteiger partial charge in [-0.2, -0.15) is 0 Å². The SMILES string of the molecule is CCCCSc1nnc(SCC(=O)NC)s1. The number of unbranched alkanes of at least 4 members (excludes halogenated alkanes) is 1. The highest BCUT2D eigenvalue weighted by atomic mass is 32.2. The molecule has 1 amide bonds. The lowest BCUT2D eigenvalue weighted by Crippen LogP contribution is -2.19. The number of hydrogen-bond acceptors (Lipinski definition) is 6. The molecule has 0 atom stereocenters. The second-order valence-corrected chi connectivity index (χ2v) is 6.54. The number of thioether (sulfide) groups is 2. The molecule has 16 heavy (non-hydrogen) atoms. The fraction of sp³-hybridized carbons (Fsp3) is 0.667. The average molecular weight is 277 g/mol. The molecule has 0 spiro atoms. The molecule has 1 rings (SSSR count). The molecule has 1 N–H and O–H groups in total. The lowest BCUT2D eigenvalue weighted by molar-refractivity contribution is -0.118. The number of hydrogen-bond donors (Lipinski definition) is 1. The first-order valence-corrected chi connectivity index (χ1v) is 7.84. The lowest BCUT2D eigenvalue weighted by atomic mass is 10.4. The van der Waals surface area contributed by atoms with Gasteiger partial charge in [0.15, 0.2) is 8.68 Å². The van der Waals surface area contributed by atoms with Crippen molar-refractivity contribution in [3.63, 3.8) is 0 Å². The fourth-order valence-electron chi connectivity index (χ4n) is 0.817. The highest BCUT2D eigenvalue weighted by molar-refractivity contribution is 8.03. The lowest BCUT2D eigenvalue weighted by Gasteiger charge is -1.94. The van der Waals surface area contributed by atoms with Gasteiger partial charge in [-0.3, -0.25) is 4.79 Å². The topological polar surface area (TPSA) is 54.9 Å². The number of carbonyl (C=O) groups excluding carboxylic acids is 1. The summed E-state index contributed by atoms with van der Waals surface area (Å²) in [4.78, 5) is 11.0. The summed E-state index contributed by atoms with van der Waals surface area (Å²) in [5.74, 6) is 1.51. The van der Waals surface area contributed by atoms with Gasteiger partial charge >= 0.3 is 0 Å². The van der Waals surface area contributed by atoms with Crippen LogP contribution in [0.15, 0.2) is 8.68 Å². The highest BCUT2D eigenvalue weighted by Gasteiger charge is 2.07. The minimum atomic E-state index is 0.0142. The Bertz CT molecular complexity index is 330. The number of nitrogens with one attached hydrogen (secondary N) is 1. The van der Waals surface area contributed by atoms with E-state index in [4.69, 9.17) is 0 Å². The van der Waals surface area contributed by atoms with Crippen LogP contribution in [0.2, 0.25) is 0 Å². The minimum absolute atomic E-state index is 0.0142. The number of aromatic nitrogens is 2. The van der Waals surface area contributed by atoms with Crippen molar-refractivity contribution in [1.29, 1.82) is 0 Å². The van der Waals surface area contributed by atoms with Gasteiger partial charge in [0.25, 0.3) is 0 Å². The van der Waals surface area contributed by atoms with Crippen LogP contribution >= 0.6 is 34.9 Å². The quantitative estimate of drug-likeness (QED) is 0.612. The Hall–Kier alpha value is -0.270. The van der Waals surface area contributed by atoms with Crippen molar-refractivity contribution < 1.29 is 4.79 Å². The summed E-state index contributed by atoms with van der Waals surface area (Å²) in [6, 6.07) is 0. The average Bonchev–Trinajstić information content (AvgIpc) is 2.74. The largest absolute Gasteiger partial charge is 0.358 e. The third-order valence-corrected chi connectivity index (χ3v) is 4.99. The van der Waals surface area contributed by atoms with Gasteiger partial charge < -0.3 is 5.32 Å². The number of nitrogens with zero attached hydrogens (tertiary/aromatic N) is 2. The predicted octanol–water partition coefficient (Wildman–Crippen LogP) is 2.27. The van der Waals surface area contributed by atoms with E-state index >= 15 is 0 Å². The predicted molar refractivity (Wildman–Crippen MR) is 70.3 cm³/mol. The summed E-state index contributed by atoms with van der Waals surface area (Å²) < 4.78 is 1.86. The Kier molecular flexibility index (Phi) is 6.82. The Morgan fingerprint density at radius 2 is 2.06 bits per heavy atom. The molecule has 90 valence electrons. The summed E-state index contributed by atoms with van der Waals surface area (Å²) >= 11 is 4.73. The molecule has 1 aromatic rings. The smallest absolute Gasteiger partial charge is 0.230 e. The minimum Gasteiger partial charge on any atom is -0.358 e. The normalized spacial score (nSPS) is 10.4. The molecule has 0 aromatic carbocycles. The van der Waals surface area contributed by atoms with E-state index < -0.39 is 0 Å². The maximum Gasteiger partial charge on any atom is 0.230 e. The molecule has 0 bridgehead atoms. The zero-order chi connectivity index (χ0) is 11.8. The van der Waals surface area contributed by atoms with Crippen molar-refractivity contribution in [1.82, 2.24) is 15.5 Å². The van der Waals surface area contributed by atoms with Crippen LogP contribution in [0.3, 0.4) is 0 Å². The van der Waals surface area contributed by atoms with Crippen molar-refractivity contribution in [2.45, 2.75) is 28.4 Å². The zero-order valence-corrected chi connectivity index (χ0v) is 11.8. The van der Waals surface area contributed by atoms with Crippen LogP contribution in [-0.2, 0) is 4.79 Å². The van der Waals surface area contributed by atoms with Gasteiger partial charge in [0.05, 0.1) is 5.75 Å². The molecule has 0 radical (unpaired) electrons. The first-order valence-electron chi connectivity index (χ1n) is 5.06. The van der Waals surface area contributed by atoms with E-state index in [0.29, 0.717) is 5.75 Å². The summed E-state index contributed by atoms with van der Waals surface area (Å²) in [6.07, 6.45) is 2.40. The molecule has 4 nitrogen and oxygen atoms in total. The summed E-state index contributed by atoms with van der Waals surface area (Å²) in [5, 5.41) is 10.7. The first kappa shape index (κ1) is 13.8. The molecule has 0 aliphatic heterocycles. The van der Waals surface area contributed by atoms with E-state index in [0.717, 1.165) is 14.4 Å². The van der Waals surface area contributed by atoms with Gasteiger partial charge in [-0.05, 0) is 6.42 Å². The molecule has 0 saturated heterocycles. The molecular formula is C9H15N3OS3. The van der Waals surface area contributed by atoms with E-state index in [1.165, 1.54) is 24.6 Å². The van der Waals surface area contributed by atoms with Crippen molar-refractivity contribution in [3.05, 3.63) is 0 Å². The Morgan fingerprint density at radius 1 is 1.38 bits per heavy atom. The molecule has 1 aromatic heterocycles. The van der Waals surface area contributed by atoms with Crippen LogP contribution < -0.4 is 5.32 Å². The highest BCUT2D eigenvalue weighted by Crippen LogP contribution is 2.28. The molecule has 0 fully saturated rings. The molecular weight excluding hydrogens is 262 g/mol. The Morgan fingerprint density at radius 3 is 2.69 bits per heavy atom. The van der Waals surface area contributed by atoms with Crippen LogP contribution in [0, 0.1) is 0 Å². The van der Waals surface area contributed by atoms with Crippen LogP contribution in [0.4, 0.5) is 0 Å². The maximum atomic E-state index is 11.0. The molecule has 7 heteroatoms. The molecule has 0 aliphatic rings. The van der Waals surface area contributed by atoms with E-state index in [2.05, 4.69) is 22.4 Å². The van der Waals surface area contributed by atoms with Crippen molar-refractivity contribution >= 4 is 40.8 Å². The third-order valence-electron chi connectivity index (χ3n) is 1.72. The van der Waals surface area contributed by atoms with Crippen LogP contribution in [0.1, 0.15) is 19.8 Å². The Labute approximate surface area is 108 Å². The number of amides is 1. The summed E-state index contributed by atoms with van der Waals surface area (Å²) in [7, 11) is 1.63. The zero-order valence-electron chi connectivity index (χ0n) is 9.36. The van der Waals surface area contributed by atoms with Crippen LogP contribution in [-0.4, -0.2) is 34.7 Å². The number of rotatable bonds is 7. The molecule has 1 heterocycles. The third kappa shape index (κ3) is 5.18. The van der Waals surface area contributed by atoms with Crippen molar-refractivity contribution in [2.75, 3.05) is 18.6 Å². The van der Waals surface area contributed by atoms with Gasteiger partial charge in [0.2, 0.25) is 5.91 Å². The van der Waals surface area contributed by atoms with E-state index in [9.17, 15) is 4.79 Å². The second kappa shape index (κ2) is 7.92.